The van der Waals surface area contributed by atoms with E-state index in [1.807, 2.05) is 24.3 Å². The average Bonchev–Trinajstić information content (AvgIpc) is 2.64. The Labute approximate surface area is 144 Å². The predicted molar refractivity (Wildman–Crippen MR) is 102 cm³/mol. The molecule has 24 heavy (non-hydrogen) atoms. The van der Waals surface area contributed by atoms with Gasteiger partial charge in [-0.3, -0.25) is 0 Å². The number of ether oxygens (including phenoxy) is 2. The van der Waals surface area contributed by atoms with Gasteiger partial charge in [-0.05, 0) is 31.2 Å². The third kappa shape index (κ3) is 3.46. The number of methoxy groups -OCH3 is 2. The minimum Gasteiger partial charge on any atom is -0.497 e. The zero-order valence-electron chi connectivity index (χ0n) is 14.3. The van der Waals surface area contributed by atoms with Crippen LogP contribution >= 0.6 is 0 Å². The molecule has 0 aromatic heterocycles. The van der Waals surface area contributed by atoms with Crippen molar-refractivity contribution >= 4 is 23.1 Å². The van der Waals surface area contributed by atoms with Gasteiger partial charge in [-0.25, -0.2) is 0 Å². The Morgan fingerprint density at radius 2 is 0.875 bits per heavy atom. The summed E-state index contributed by atoms with van der Waals surface area (Å²) in [6, 6.07) is 25.3. The maximum absolute atomic E-state index is 5.29. The summed E-state index contributed by atoms with van der Waals surface area (Å²) in [7, 11) is 3.38. The summed E-state index contributed by atoms with van der Waals surface area (Å²) in [6.45, 7) is 2.29. The Kier molecular flexibility index (Phi) is 4.90. The molecule has 120 valence electrons. The first kappa shape index (κ1) is 16.2. The molecule has 3 aromatic carbocycles. The minimum atomic E-state index is 0.183. The van der Waals surface area contributed by atoms with Crippen LogP contribution in [-0.4, -0.2) is 20.9 Å². The highest BCUT2D eigenvalue weighted by molar-refractivity contribution is 6.95. The summed E-state index contributed by atoms with van der Waals surface area (Å²) in [5, 5.41) is 0. The SMILES string of the molecule is COc1ccc(B(c2ccc(C)cc2)c2ccc(OC)cc2)cc1. The highest BCUT2D eigenvalue weighted by Crippen LogP contribution is 2.09. The van der Waals surface area contributed by atoms with Crippen molar-refractivity contribution < 1.29 is 9.47 Å². The van der Waals surface area contributed by atoms with E-state index in [9.17, 15) is 0 Å². The molecule has 0 fully saturated rings. The van der Waals surface area contributed by atoms with E-state index in [1.165, 1.54) is 22.0 Å². The molecular formula is C21H21BO2. The fourth-order valence-electron chi connectivity index (χ4n) is 2.93. The van der Waals surface area contributed by atoms with Gasteiger partial charge in [-0.15, -0.1) is 0 Å². The topological polar surface area (TPSA) is 18.5 Å². The molecule has 3 heteroatoms. The summed E-state index contributed by atoms with van der Waals surface area (Å²) < 4.78 is 10.6. The molecule has 0 unspecified atom stereocenters. The second-order valence-corrected chi connectivity index (χ2v) is 5.89. The van der Waals surface area contributed by atoms with Crippen LogP contribution in [0.4, 0.5) is 0 Å². The van der Waals surface area contributed by atoms with E-state index >= 15 is 0 Å². The van der Waals surface area contributed by atoms with Crippen LogP contribution in [0.15, 0.2) is 72.8 Å². The molecule has 2 nitrogen and oxygen atoms in total. The zero-order valence-corrected chi connectivity index (χ0v) is 14.3. The lowest BCUT2D eigenvalue weighted by molar-refractivity contribution is 0.415. The molecule has 0 saturated carbocycles. The van der Waals surface area contributed by atoms with Gasteiger partial charge in [0.1, 0.15) is 11.5 Å². The van der Waals surface area contributed by atoms with Crippen LogP contribution < -0.4 is 25.9 Å². The first-order chi connectivity index (χ1) is 11.7. The quantitative estimate of drug-likeness (QED) is 0.674. The van der Waals surface area contributed by atoms with Crippen LogP contribution in [-0.2, 0) is 0 Å². The second kappa shape index (κ2) is 7.26. The molecule has 0 atom stereocenters. The third-order valence-corrected chi connectivity index (χ3v) is 4.31. The molecule has 0 bridgehead atoms. The Morgan fingerprint density at radius 1 is 0.542 bits per heavy atom. The molecule has 0 spiro atoms. The lowest BCUT2D eigenvalue weighted by atomic mass is 9.37. The van der Waals surface area contributed by atoms with Crippen LogP contribution in [0.3, 0.4) is 0 Å². The highest BCUT2D eigenvalue weighted by Gasteiger charge is 2.21. The highest BCUT2D eigenvalue weighted by atomic mass is 16.5. The van der Waals surface area contributed by atoms with Crippen molar-refractivity contribution in [3.05, 3.63) is 78.4 Å². The maximum atomic E-state index is 5.29. The van der Waals surface area contributed by atoms with Crippen molar-refractivity contribution in [3.63, 3.8) is 0 Å². The van der Waals surface area contributed by atoms with Crippen molar-refractivity contribution in [2.24, 2.45) is 0 Å². The summed E-state index contributed by atoms with van der Waals surface area (Å²) in [5.41, 5.74) is 5.02. The first-order valence-corrected chi connectivity index (χ1v) is 8.05. The van der Waals surface area contributed by atoms with Crippen molar-refractivity contribution in [1.29, 1.82) is 0 Å². The van der Waals surface area contributed by atoms with E-state index in [0.717, 1.165) is 11.5 Å². The van der Waals surface area contributed by atoms with Gasteiger partial charge in [0.05, 0.1) is 14.2 Å². The van der Waals surface area contributed by atoms with E-state index in [0.29, 0.717) is 0 Å². The Balaban J connectivity index is 2.06. The van der Waals surface area contributed by atoms with E-state index in [4.69, 9.17) is 9.47 Å². The molecule has 0 N–H and O–H groups in total. The Morgan fingerprint density at radius 3 is 1.21 bits per heavy atom. The van der Waals surface area contributed by atoms with Gasteiger partial charge in [0, 0.05) is 0 Å². The molecule has 3 aromatic rings. The molecule has 0 amide bonds. The van der Waals surface area contributed by atoms with Crippen LogP contribution in [0.1, 0.15) is 5.56 Å². The van der Waals surface area contributed by atoms with E-state index in [2.05, 4.69) is 55.5 Å². The molecule has 0 heterocycles. The van der Waals surface area contributed by atoms with E-state index in [-0.39, 0.29) is 6.71 Å². The van der Waals surface area contributed by atoms with Gasteiger partial charge in [-0.1, -0.05) is 70.5 Å². The number of benzene rings is 3. The standard InChI is InChI=1S/C21H21BO2/c1-16-4-6-17(7-5-16)22(18-8-12-20(23-2)13-9-18)19-10-14-21(24-3)15-11-19/h4-15H,1-3H3. The van der Waals surface area contributed by atoms with E-state index < -0.39 is 0 Å². The van der Waals surface area contributed by atoms with Gasteiger partial charge in [-0.2, -0.15) is 0 Å². The van der Waals surface area contributed by atoms with Crippen molar-refractivity contribution in [2.75, 3.05) is 14.2 Å². The molecule has 3 rings (SSSR count). The lowest BCUT2D eigenvalue weighted by Crippen LogP contribution is -2.51. The number of aryl methyl sites for hydroxylation is 1. The Bertz CT molecular complexity index is 730. The lowest BCUT2D eigenvalue weighted by Gasteiger charge is -2.16. The minimum absolute atomic E-state index is 0.183. The number of hydrogen-bond donors (Lipinski definition) is 0. The zero-order chi connectivity index (χ0) is 16.9. The predicted octanol–water partition coefficient (Wildman–Crippen LogP) is 2.53. The van der Waals surface area contributed by atoms with Gasteiger partial charge in [0.2, 0.25) is 6.71 Å². The Hall–Kier alpha value is -2.68. The smallest absolute Gasteiger partial charge is 0.241 e. The largest absolute Gasteiger partial charge is 0.497 e. The van der Waals surface area contributed by atoms with Crippen molar-refractivity contribution in [1.82, 2.24) is 0 Å². The third-order valence-electron chi connectivity index (χ3n) is 4.31. The van der Waals surface area contributed by atoms with Crippen LogP contribution in [0.2, 0.25) is 0 Å². The fourth-order valence-corrected chi connectivity index (χ4v) is 2.93. The molecule has 0 aliphatic rings. The average molecular weight is 316 g/mol. The number of hydrogen-bond acceptors (Lipinski definition) is 2. The van der Waals surface area contributed by atoms with Crippen LogP contribution in [0, 0.1) is 6.92 Å². The molecule has 0 saturated heterocycles. The van der Waals surface area contributed by atoms with Crippen LogP contribution in [0.25, 0.3) is 0 Å². The maximum Gasteiger partial charge on any atom is 0.241 e. The van der Waals surface area contributed by atoms with Gasteiger partial charge in [0.15, 0.2) is 0 Å². The van der Waals surface area contributed by atoms with Crippen LogP contribution in [0.5, 0.6) is 11.5 Å². The molecule has 0 aliphatic carbocycles. The van der Waals surface area contributed by atoms with Gasteiger partial charge < -0.3 is 9.47 Å². The van der Waals surface area contributed by atoms with E-state index in [1.54, 1.807) is 14.2 Å². The van der Waals surface area contributed by atoms with Gasteiger partial charge >= 0.3 is 0 Å². The summed E-state index contributed by atoms with van der Waals surface area (Å²) >= 11 is 0. The molecular weight excluding hydrogens is 295 g/mol. The summed E-state index contributed by atoms with van der Waals surface area (Å²) in [6.07, 6.45) is 0. The van der Waals surface area contributed by atoms with Gasteiger partial charge in [0.25, 0.3) is 0 Å². The van der Waals surface area contributed by atoms with Crippen molar-refractivity contribution in [2.45, 2.75) is 6.92 Å². The van der Waals surface area contributed by atoms with Crippen molar-refractivity contribution in [3.8, 4) is 11.5 Å². The fraction of sp³-hybridized carbons (Fsp3) is 0.143. The summed E-state index contributed by atoms with van der Waals surface area (Å²) in [5.74, 6) is 1.74. The first-order valence-electron chi connectivity index (χ1n) is 8.05. The second-order valence-electron chi connectivity index (χ2n) is 5.89. The monoisotopic (exact) mass is 316 g/mol. The molecule has 0 radical (unpaired) electrons. The molecule has 0 aliphatic heterocycles. The normalized spacial score (nSPS) is 10.3. The number of rotatable bonds is 5. The summed E-state index contributed by atoms with van der Waals surface area (Å²) in [4.78, 5) is 0.